The molecule has 0 radical (unpaired) electrons. The number of carbonyl (C=O) groups is 2. The lowest BCUT2D eigenvalue weighted by Crippen LogP contribution is -2.35. The first-order chi connectivity index (χ1) is 7.66. The molecule has 0 aromatic heterocycles. The van der Waals surface area contributed by atoms with Crippen molar-refractivity contribution in [2.75, 3.05) is 0 Å². The summed E-state index contributed by atoms with van der Waals surface area (Å²) >= 11 is 2.16. The molecule has 0 spiro atoms. The molecule has 1 heterocycles. The SMILES string of the molecule is CCCC(I)N1C(=O)c2ccccc2C1=O. The first kappa shape index (κ1) is 11.6. The molecule has 1 aromatic rings. The normalized spacial score (nSPS) is 16.5. The number of hydrogen-bond donors (Lipinski definition) is 0. The smallest absolute Gasteiger partial charge is 0.262 e. The average molecular weight is 329 g/mol. The van der Waals surface area contributed by atoms with E-state index < -0.39 is 0 Å². The lowest BCUT2D eigenvalue weighted by molar-refractivity contribution is 0.0642. The summed E-state index contributed by atoms with van der Waals surface area (Å²) in [6, 6.07) is 7.00. The fourth-order valence-electron chi connectivity index (χ4n) is 1.83. The molecule has 2 rings (SSSR count). The lowest BCUT2D eigenvalue weighted by Gasteiger charge is -2.20. The Morgan fingerprint density at radius 2 is 1.69 bits per heavy atom. The monoisotopic (exact) mass is 329 g/mol. The molecule has 3 nitrogen and oxygen atoms in total. The second kappa shape index (κ2) is 4.53. The van der Waals surface area contributed by atoms with Crippen LogP contribution in [0.3, 0.4) is 0 Å². The van der Waals surface area contributed by atoms with Gasteiger partial charge in [0.05, 0.1) is 15.2 Å². The first-order valence-electron chi connectivity index (χ1n) is 5.27. The van der Waals surface area contributed by atoms with Gasteiger partial charge in [0, 0.05) is 0 Å². The highest BCUT2D eigenvalue weighted by atomic mass is 127. The van der Waals surface area contributed by atoms with Gasteiger partial charge in [0.25, 0.3) is 11.8 Å². The minimum absolute atomic E-state index is 0.0463. The van der Waals surface area contributed by atoms with E-state index in [1.807, 2.05) is 6.92 Å². The summed E-state index contributed by atoms with van der Waals surface area (Å²) in [5.74, 6) is -0.318. The van der Waals surface area contributed by atoms with Crippen molar-refractivity contribution in [1.29, 1.82) is 0 Å². The maximum Gasteiger partial charge on any atom is 0.262 e. The van der Waals surface area contributed by atoms with Crippen molar-refractivity contribution in [2.24, 2.45) is 0 Å². The number of carbonyl (C=O) groups excluding carboxylic acids is 2. The van der Waals surface area contributed by atoms with Gasteiger partial charge in [-0.15, -0.1) is 0 Å². The number of nitrogens with zero attached hydrogens (tertiary/aromatic N) is 1. The van der Waals surface area contributed by atoms with Gasteiger partial charge in [-0.3, -0.25) is 14.5 Å². The molecule has 1 atom stereocenters. The minimum Gasteiger partial charge on any atom is -0.269 e. The van der Waals surface area contributed by atoms with E-state index in [1.54, 1.807) is 24.3 Å². The Balaban J connectivity index is 2.35. The van der Waals surface area contributed by atoms with Gasteiger partial charge < -0.3 is 0 Å². The van der Waals surface area contributed by atoms with Crippen molar-refractivity contribution < 1.29 is 9.59 Å². The van der Waals surface area contributed by atoms with Gasteiger partial charge in [0.1, 0.15) is 0 Å². The average Bonchev–Trinajstić information content (AvgIpc) is 2.53. The Morgan fingerprint density at radius 1 is 1.19 bits per heavy atom. The number of amides is 2. The topological polar surface area (TPSA) is 37.4 Å². The maximum absolute atomic E-state index is 12.0. The number of rotatable bonds is 3. The summed E-state index contributed by atoms with van der Waals surface area (Å²) in [5.41, 5.74) is 1.07. The summed E-state index contributed by atoms with van der Waals surface area (Å²) < 4.78 is -0.0463. The highest BCUT2D eigenvalue weighted by Crippen LogP contribution is 2.28. The molecule has 2 amide bonds. The van der Waals surface area contributed by atoms with E-state index in [0.717, 1.165) is 12.8 Å². The van der Waals surface area contributed by atoms with Crippen LogP contribution in [0, 0.1) is 0 Å². The molecule has 0 fully saturated rings. The third kappa shape index (κ3) is 1.75. The van der Waals surface area contributed by atoms with Crippen molar-refractivity contribution in [1.82, 2.24) is 4.90 Å². The van der Waals surface area contributed by atoms with E-state index in [-0.39, 0.29) is 15.9 Å². The number of fused-ring (bicyclic) bond motifs is 1. The van der Waals surface area contributed by atoms with Crippen molar-refractivity contribution in [3.05, 3.63) is 35.4 Å². The number of hydrogen-bond acceptors (Lipinski definition) is 2. The molecular weight excluding hydrogens is 317 g/mol. The van der Waals surface area contributed by atoms with Crippen LogP contribution in [0.1, 0.15) is 40.5 Å². The predicted molar refractivity (Wildman–Crippen MR) is 69.7 cm³/mol. The molecule has 16 heavy (non-hydrogen) atoms. The van der Waals surface area contributed by atoms with Gasteiger partial charge in [-0.2, -0.15) is 0 Å². The molecule has 1 unspecified atom stereocenters. The molecule has 4 heteroatoms. The largest absolute Gasteiger partial charge is 0.269 e. The van der Waals surface area contributed by atoms with Crippen LogP contribution in [-0.2, 0) is 0 Å². The summed E-state index contributed by atoms with van der Waals surface area (Å²) in [6.45, 7) is 2.05. The number of alkyl halides is 1. The fraction of sp³-hybridized carbons (Fsp3) is 0.333. The Morgan fingerprint density at radius 3 is 2.12 bits per heavy atom. The second-order valence-corrected chi connectivity index (χ2v) is 5.19. The molecule has 0 N–H and O–H groups in total. The van der Waals surface area contributed by atoms with Crippen LogP contribution in [0.5, 0.6) is 0 Å². The zero-order chi connectivity index (χ0) is 11.7. The van der Waals surface area contributed by atoms with E-state index in [2.05, 4.69) is 22.6 Å². The van der Waals surface area contributed by atoms with Crippen LogP contribution >= 0.6 is 22.6 Å². The van der Waals surface area contributed by atoms with Gasteiger partial charge >= 0.3 is 0 Å². The standard InChI is InChI=1S/C12H12INO2/c1-2-5-10(13)14-11(15)8-6-3-4-7-9(8)12(14)16/h3-4,6-7,10H,2,5H2,1H3. The summed E-state index contributed by atoms with van der Waals surface area (Å²) in [6.07, 6.45) is 1.80. The number of imide groups is 1. The maximum atomic E-state index is 12.0. The van der Waals surface area contributed by atoms with E-state index in [9.17, 15) is 9.59 Å². The zero-order valence-corrected chi connectivity index (χ0v) is 11.1. The van der Waals surface area contributed by atoms with E-state index in [1.165, 1.54) is 4.90 Å². The Bertz CT molecular complexity index is 409. The van der Waals surface area contributed by atoms with Gasteiger partial charge in [-0.1, -0.05) is 48.1 Å². The third-order valence-electron chi connectivity index (χ3n) is 2.63. The molecule has 1 aromatic carbocycles. The quantitative estimate of drug-likeness (QED) is 0.370. The fourth-order valence-corrected chi connectivity index (χ4v) is 2.96. The number of benzene rings is 1. The van der Waals surface area contributed by atoms with Gasteiger partial charge in [0.15, 0.2) is 0 Å². The Kier molecular flexibility index (Phi) is 3.28. The molecular formula is C12H12INO2. The van der Waals surface area contributed by atoms with Crippen LogP contribution in [0.2, 0.25) is 0 Å². The van der Waals surface area contributed by atoms with Gasteiger partial charge in [-0.05, 0) is 18.6 Å². The summed E-state index contributed by atoms with van der Waals surface area (Å²) in [5, 5.41) is 0. The van der Waals surface area contributed by atoms with Crippen molar-refractivity contribution >= 4 is 34.4 Å². The third-order valence-corrected chi connectivity index (χ3v) is 3.81. The minimum atomic E-state index is -0.159. The molecule has 84 valence electrons. The number of halogens is 1. The molecule has 1 aliphatic rings. The van der Waals surface area contributed by atoms with Gasteiger partial charge in [-0.25, -0.2) is 0 Å². The lowest BCUT2D eigenvalue weighted by atomic mass is 10.1. The molecule has 0 saturated heterocycles. The summed E-state index contributed by atoms with van der Waals surface area (Å²) in [4.78, 5) is 25.4. The Hall–Kier alpha value is -0.910. The Labute approximate surface area is 108 Å². The molecule has 0 saturated carbocycles. The van der Waals surface area contributed by atoms with E-state index in [4.69, 9.17) is 0 Å². The van der Waals surface area contributed by atoms with Crippen LogP contribution in [0.4, 0.5) is 0 Å². The predicted octanol–water partition coefficient (Wildman–Crippen LogP) is 2.84. The van der Waals surface area contributed by atoms with Crippen LogP contribution in [-0.4, -0.2) is 20.8 Å². The first-order valence-corrected chi connectivity index (χ1v) is 6.52. The highest BCUT2D eigenvalue weighted by Gasteiger charge is 2.38. The van der Waals surface area contributed by atoms with Crippen LogP contribution in [0.25, 0.3) is 0 Å². The van der Waals surface area contributed by atoms with Crippen molar-refractivity contribution in [3.63, 3.8) is 0 Å². The molecule has 0 aliphatic carbocycles. The highest BCUT2D eigenvalue weighted by molar-refractivity contribution is 14.1. The van der Waals surface area contributed by atoms with Crippen molar-refractivity contribution in [3.8, 4) is 0 Å². The molecule has 0 bridgehead atoms. The summed E-state index contributed by atoms with van der Waals surface area (Å²) in [7, 11) is 0. The van der Waals surface area contributed by atoms with Crippen molar-refractivity contribution in [2.45, 2.75) is 23.8 Å². The van der Waals surface area contributed by atoms with Crippen LogP contribution < -0.4 is 0 Å². The molecule has 1 aliphatic heterocycles. The second-order valence-electron chi connectivity index (χ2n) is 3.75. The van der Waals surface area contributed by atoms with Crippen LogP contribution in [0.15, 0.2) is 24.3 Å². The van der Waals surface area contributed by atoms with E-state index in [0.29, 0.717) is 11.1 Å². The zero-order valence-electron chi connectivity index (χ0n) is 8.94. The van der Waals surface area contributed by atoms with Gasteiger partial charge in [0.2, 0.25) is 0 Å². The van der Waals surface area contributed by atoms with E-state index >= 15 is 0 Å².